The summed E-state index contributed by atoms with van der Waals surface area (Å²) < 4.78 is 7.44. The number of benzene rings is 1. The van der Waals surface area contributed by atoms with Crippen molar-refractivity contribution >= 4 is 5.69 Å². The van der Waals surface area contributed by atoms with Gasteiger partial charge in [-0.15, -0.1) is 0 Å². The molecule has 0 aliphatic carbocycles. The first-order valence-corrected chi connectivity index (χ1v) is 6.26. The third-order valence-electron chi connectivity index (χ3n) is 2.95. The quantitative estimate of drug-likeness (QED) is 0.641. The van der Waals surface area contributed by atoms with E-state index in [-0.39, 0.29) is 24.6 Å². The third kappa shape index (κ3) is 2.94. The van der Waals surface area contributed by atoms with Crippen LogP contribution in [0.3, 0.4) is 0 Å². The normalized spacial score (nSPS) is 10.5. The first kappa shape index (κ1) is 14.0. The van der Waals surface area contributed by atoms with Crippen molar-refractivity contribution in [1.29, 1.82) is 0 Å². The molecule has 0 radical (unpaired) electrons. The highest BCUT2D eigenvalue weighted by Crippen LogP contribution is 2.28. The van der Waals surface area contributed by atoms with Crippen molar-refractivity contribution in [2.45, 2.75) is 26.6 Å². The van der Waals surface area contributed by atoms with E-state index >= 15 is 0 Å². The lowest BCUT2D eigenvalue weighted by molar-refractivity contribution is -0.386. The fourth-order valence-electron chi connectivity index (χ4n) is 1.87. The van der Waals surface area contributed by atoms with Crippen LogP contribution in [0.25, 0.3) is 0 Å². The van der Waals surface area contributed by atoms with E-state index in [1.165, 1.54) is 6.07 Å². The zero-order valence-electron chi connectivity index (χ0n) is 11.2. The Bertz CT molecular complexity index is 609. The minimum absolute atomic E-state index is 0.0810. The minimum atomic E-state index is -0.471. The number of hydrogen-bond donors (Lipinski definition) is 1. The summed E-state index contributed by atoms with van der Waals surface area (Å²) in [4.78, 5) is 14.7. The summed E-state index contributed by atoms with van der Waals surface area (Å²) in [5.41, 5.74) is 6.09. The Balaban J connectivity index is 2.19. The maximum absolute atomic E-state index is 11.0. The Hall–Kier alpha value is -2.41. The molecule has 0 saturated heterocycles. The maximum Gasteiger partial charge on any atom is 0.311 e. The highest BCUT2D eigenvalue weighted by molar-refractivity contribution is 5.48. The molecular formula is C13H16N4O3. The number of nitrogens with two attached hydrogens (primary N) is 1. The Morgan fingerprint density at radius 2 is 2.30 bits per heavy atom. The Morgan fingerprint density at radius 3 is 2.95 bits per heavy atom. The van der Waals surface area contributed by atoms with Crippen LogP contribution in [0.4, 0.5) is 5.69 Å². The van der Waals surface area contributed by atoms with Crippen molar-refractivity contribution in [2.75, 3.05) is 0 Å². The number of nitrogens with zero attached hydrogens (tertiary/aromatic N) is 3. The lowest BCUT2D eigenvalue weighted by Gasteiger charge is -2.08. The molecule has 0 spiro atoms. The molecule has 0 saturated carbocycles. The van der Waals surface area contributed by atoms with Crippen molar-refractivity contribution in [3.05, 3.63) is 52.1 Å². The summed E-state index contributed by atoms with van der Waals surface area (Å²) >= 11 is 0. The van der Waals surface area contributed by atoms with Crippen LogP contribution in [0.1, 0.15) is 18.3 Å². The van der Waals surface area contributed by atoms with Gasteiger partial charge in [-0.05, 0) is 18.6 Å². The second-order valence-electron chi connectivity index (χ2n) is 4.18. The summed E-state index contributed by atoms with van der Waals surface area (Å²) in [6, 6.07) is 4.72. The fraction of sp³-hybridized carbons (Fsp3) is 0.308. The average molecular weight is 276 g/mol. The van der Waals surface area contributed by atoms with Crippen LogP contribution in [-0.4, -0.2) is 14.5 Å². The molecule has 0 amide bonds. The number of nitro groups is 1. The smallest absolute Gasteiger partial charge is 0.311 e. The SMILES string of the molecule is CCn1ccnc1COc1ccc(CN)cc1[N+](=O)[O-]. The van der Waals surface area contributed by atoms with E-state index in [2.05, 4.69) is 4.98 Å². The van der Waals surface area contributed by atoms with E-state index in [9.17, 15) is 10.1 Å². The summed E-state index contributed by atoms with van der Waals surface area (Å²) in [6.45, 7) is 3.20. The molecule has 0 aliphatic rings. The summed E-state index contributed by atoms with van der Waals surface area (Å²) in [6.07, 6.45) is 3.51. The van der Waals surface area contributed by atoms with Crippen LogP contribution in [0.5, 0.6) is 5.75 Å². The molecular weight excluding hydrogens is 260 g/mol. The number of aryl methyl sites for hydroxylation is 1. The van der Waals surface area contributed by atoms with Gasteiger partial charge in [0, 0.05) is 31.5 Å². The molecule has 0 unspecified atom stereocenters. The number of imidazole rings is 1. The van der Waals surface area contributed by atoms with E-state index in [4.69, 9.17) is 10.5 Å². The first-order chi connectivity index (χ1) is 9.65. The molecule has 1 heterocycles. The maximum atomic E-state index is 11.0. The van der Waals surface area contributed by atoms with Gasteiger partial charge in [0.15, 0.2) is 5.75 Å². The van der Waals surface area contributed by atoms with Gasteiger partial charge >= 0.3 is 5.69 Å². The standard InChI is InChI=1S/C13H16N4O3/c1-2-16-6-5-15-13(16)9-20-12-4-3-10(8-14)7-11(12)17(18)19/h3-7H,2,8-9,14H2,1H3. The van der Waals surface area contributed by atoms with Crippen molar-refractivity contribution in [2.24, 2.45) is 5.73 Å². The molecule has 20 heavy (non-hydrogen) atoms. The van der Waals surface area contributed by atoms with Gasteiger partial charge in [0.2, 0.25) is 0 Å². The summed E-state index contributed by atoms with van der Waals surface area (Å²) in [7, 11) is 0. The number of rotatable bonds is 6. The molecule has 2 rings (SSSR count). The average Bonchev–Trinajstić information content (AvgIpc) is 2.92. The van der Waals surface area contributed by atoms with Crippen LogP contribution in [-0.2, 0) is 19.7 Å². The Labute approximate surface area is 116 Å². The molecule has 7 nitrogen and oxygen atoms in total. The summed E-state index contributed by atoms with van der Waals surface area (Å²) in [5, 5.41) is 11.0. The lowest BCUT2D eigenvalue weighted by atomic mass is 10.2. The number of ether oxygens (including phenoxy) is 1. The van der Waals surface area contributed by atoms with Gasteiger partial charge < -0.3 is 15.0 Å². The monoisotopic (exact) mass is 276 g/mol. The second-order valence-corrected chi connectivity index (χ2v) is 4.18. The zero-order valence-corrected chi connectivity index (χ0v) is 11.2. The molecule has 106 valence electrons. The molecule has 7 heteroatoms. The highest BCUT2D eigenvalue weighted by Gasteiger charge is 2.16. The van der Waals surface area contributed by atoms with Crippen LogP contribution in [0.15, 0.2) is 30.6 Å². The number of hydrogen-bond acceptors (Lipinski definition) is 5. The lowest BCUT2D eigenvalue weighted by Crippen LogP contribution is -2.07. The van der Waals surface area contributed by atoms with Gasteiger partial charge in [-0.25, -0.2) is 4.98 Å². The minimum Gasteiger partial charge on any atom is -0.479 e. The first-order valence-electron chi connectivity index (χ1n) is 6.26. The van der Waals surface area contributed by atoms with E-state index in [1.54, 1.807) is 18.3 Å². The van der Waals surface area contributed by atoms with Crippen molar-refractivity contribution in [3.8, 4) is 5.75 Å². The molecule has 2 aromatic rings. The van der Waals surface area contributed by atoms with Crippen LogP contribution >= 0.6 is 0 Å². The van der Waals surface area contributed by atoms with Crippen LogP contribution < -0.4 is 10.5 Å². The van der Waals surface area contributed by atoms with E-state index in [1.807, 2.05) is 17.7 Å². The molecule has 0 fully saturated rings. The van der Waals surface area contributed by atoms with Crippen molar-refractivity contribution in [1.82, 2.24) is 9.55 Å². The predicted octanol–water partition coefficient (Wildman–Crippen LogP) is 1.85. The van der Waals surface area contributed by atoms with Gasteiger partial charge in [-0.3, -0.25) is 10.1 Å². The van der Waals surface area contributed by atoms with Crippen LogP contribution in [0, 0.1) is 10.1 Å². The molecule has 0 aliphatic heterocycles. The molecule has 2 N–H and O–H groups in total. The zero-order chi connectivity index (χ0) is 14.5. The number of aromatic nitrogens is 2. The highest BCUT2D eigenvalue weighted by atomic mass is 16.6. The van der Waals surface area contributed by atoms with Crippen LogP contribution in [0.2, 0.25) is 0 Å². The van der Waals surface area contributed by atoms with Gasteiger partial charge in [-0.1, -0.05) is 6.07 Å². The Morgan fingerprint density at radius 1 is 1.50 bits per heavy atom. The van der Waals surface area contributed by atoms with E-state index in [0.29, 0.717) is 5.56 Å². The van der Waals surface area contributed by atoms with Gasteiger partial charge in [0.25, 0.3) is 0 Å². The van der Waals surface area contributed by atoms with Crippen molar-refractivity contribution < 1.29 is 9.66 Å². The predicted molar refractivity (Wildman–Crippen MR) is 73.2 cm³/mol. The second kappa shape index (κ2) is 6.16. The van der Waals surface area contributed by atoms with Crippen molar-refractivity contribution in [3.63, 3.8) is 0 Å². The molecule has 1 aromatic carbocycles. The van der Waals surface area contributed by atoms with E-state index < -0.39 is 4.92 Å². The molecule has 0 atom stereocenters. The Kier molecular flexibility index (Phi) is 4.31. The van der Waals surface area contributed by atoms with Gasteiger partial charge in [0.05, 0.1) is 4.92 Å². The molecule has 1 aromatic heterocycles. The van der Waals surface area contributed by atoms with Gasteiger partial charge in [-0.2, -0.15) is 0 Å². The molecule has 0 bridgehead atoms. The number of nitro benzene ring substituents is 1. The third-order valence-corrected chi connectivity index (χ3v) is 2.95. The van der Waals surface area contributed by atoms with E-state index in [0.717, 1.165) is 12.4 Å². The fourth-order valence-corrected chi connectivity index (χ4v) is 1.87. The van der Waals surface area contributed by atoms with Gasteiger partial charge in [0.1, 0.15) is 12.4 Å². The largest absolute Gasteiger partial charge is 0.479 e. The topological polar surface area (TPSA) is 96.2 Å². The summed E-state index contributed by atoms with van der Waals surface area (Å²) in [5.74, 6) is 0.947.